The maximum atomic E-state index is 13.3. The van der Waals surface area contributed by atoms with E-state index in [0.29, 0.717) is 23.3 Å². The summed E-state index contributed by atoms with van der Waals surface area (Å²) in [6.45, 7) is 2.05. The summed E-state index contributed by atoms with van der Waals surface area (Å²) in [6, 6.07) is 16.8. The van der Waals surface area contributed by atoms with Crippen LogP contribution in [0, 0.1) is 5.92 Å². The van der Waals surface area contributed by atoms with Gasteiger partial charge < -0.3 is 9.47 Å². The first-order chi connectivity index (χ1) is 12.7. The summed E-state index contributed by atoms with van der Waals surface area (Å²) < 4.78 is 10.3. The van der Waals surface area contributed by atoms with Crippen molar-refractivity contribution in [1.29, 1.82) is 0 Å². The first kappa shape index (κ1) is 17.9. The van der Waals surface area contributed by atoms with Crippen molar-refractivity contribution in [2.75, 3.05) is 13.7 Å². The number of Topliss-reactive ketones (excluding diaryl/α,β-unsaturated/α-hetero) is 1. The van der Waals surface area contributed by atoms with Crippen LogP contribution in [0.3, 0.4) is 0 Å². The molecule has 0 amide bonds. The smallest absolute Gasteiger partial charge is 0.334 e. The third-order valence-corrected chi connectivity index (χ3v) is 4.72. The number of carbonyl (C=O) groups excluding carboxylic acids is 2. The second-order valence-electron chi connectivity index (χ2n) is 6.20. The highest BCUT2D eigenvalue weighted by Gasteiger charge is 2.40. The Morgan fingerprint density at radius 1 is 1.04 bits per heavy atom. The van der Waals surface area contributed by atoms with Crippen molar-refractivity contribution in [1.82, 2.24) is 0 Å². The van der Waals surface area contributed by atoms with Gasteiger partial charge in [0, 0.05) is 17.1 Å². The zero-order valence-electron chi connectivity index (χ0n) is 15.0. The van der Waals surface area contributed by atoms with Gasteiger partial charge in [-0.25, -0.2) is 4.79 Å². The fourth-order valence-corrected chi connectivity index (χ4v) is 3.45. The second kappa shape index (κ2) is 8.00. The van der Waals surface area contributed by atoms with Crippen molar-refractivity contribution in [3.63, 3.8) is 0 Å². The number of hydrogen-bond acceptors (Lipinski definition) is 4. The van der Waals surface area contributed by atoms with Crippen molar-refractivity contribution in [3.8, 4) is 5.75 Å². The highest BCUT2D eigenvalue weighted by atomic mass is 16.5. The van der Waals surface area contributed by atoms with Gasteiger partial charge in [0.2, 0.25) is 0 Å². The van der Waals surface area contributed by atoms with Crippen LogP contribution in [0.25, 0.3) is 0 Å². The van der Waals surface area contributed by atoms with Gasteiger partial charge in [0.15, 0.2) is 5.78 Å². The van der Waals surface area contributed by atoms with E-state index in [0.717, 1.165) is 5.56 Å². The van der Waals surface area contributed by atoms with Crippen LogP contribution in [0.1, 0.15) is 35.2 Å². The molecule has 0 N–H and O–H groups in total. The Morgan fingerprint density at radius 2 is 1.73 bits per heavy atom. The van der Waals surface area contributed by atoms with E-state index < -0.39 is 11.9 Å². The molecular formula is C22H22O4. The first-order valence-electron chi connectivity index (χ1n) is 8.76. The summed E-state index contributed by atoms with van der Waals surface area (Å²) in [5.41, 5.74) is 2.07. The van der Waals surface area contributed by atoms with Gasteiger partial charge in [-0.15, -0.1) is 0 Å². The number of esters is 1. The van der Waals surface area contributed by atoms with Gasteiger partial charge >= 0.3 is 5.97 Å². The van der Waals surface area contributed by atoms with E-state index in [-0.39, 0.29) is 18.3 Å². The summed E-state index contributed by atoms with van der Waals surface area (Å²) in [6.07, 6.45) is 2.49. The standard InChI is InChI=1S/C22H22O4/c1-3-26-22(24)19-14-13-18(15-7-5-4-6-8-15)20(19)21(23)16-9-11-17(25-2)12-10-16/h4-12,14,18,20H,3,13H2,1-2H3/t18-,20-/m0/s1. The molecule has 1 aliphatic rings. The van der Waals surface area contributed by atoms with Crippen molar-refractivity contribution in [2.24, 2.45) is 5.92 Å². The lowest BCUT2D eigenvalue weighted by atomic mass is 9.80. The van der Waals surface area contributed by atoms with Gasteiger partial charge in [0.25, 0.3) is 0 Å². The summed E-state index contributed by atoms with van der Waals surface area (Å²) in [5, 5.41) is 0. The lowest BCUT2D eigenvalue weighted by molar-refractivity contribution is -0.138. The van der Waals surface area contributed by atoms with Crippen LogP contribution in [0.5, 0.6) is 5.75 Å². The van der Waals surface area contributed by atoms with Crippen LogP contribution in [0.15, 0.2) is 66.2 Å². The molecule has 2 aromatic carbocycles. The van der Waals surface area contributed by atoms with Gasteiger partial charge in [0.1, 0.15) is 5.75 Å². The molecule has 134 valence electrons. The van der Waals surface area contributed by atoms with E-state index in [1.165, 1.54) is 0 Å². The van der Waals surface area contributed by atoms with Crippen molar-refractivity contribution >= 4 is 11.8 Å². The van der Waals surface area contributed by atoms with Gasteiger partial charge in [-0.2, -0.15) is 0 Å². The van der Waals surface area contributed by atoms with Gasteiger partial charge in [-0.1, -0.05) is 36.4 Å². The Labute approximate surface area is 153 Å². The van der Waals surface area contributed by atoms with Crippen LogP contribution in [-0.2, 0) is 9.53 Å². The van der Waals surface area contributed by atoms with E-state index in [2.05, 4.69) is 0 Å². The first-order valence-corrected chi connectivity index (χ1v) is 8.76. The highest BCUT2D eigenvalue weighted by Crippen LogP contribution is 2.42. The summed E-state index contributed by atoms with van der Waals surface area (Å²) >= 11 is 0. The lowest BCUT2D eigenvalue weighted by Crippen LogP contribution is -2.25. The minimum Gasteiger partial charge on any atom is -0.497 e. The predicted molar refractivity (Wildman–Crippen MR) is 99.3 cm³/mol. The van der Waals surface area contributed by atoms with Crippen molar-refractivity contribution in [2.45, 2.75) is 19.3 Å². The van der Waals surface area contributed by atoms with E-state index in [1.807, 2.05) is 36.4 Å². The predicted octanol–water partition coefficient (Wildman–Crippen LogP) is 4.17. The summed E-state index contributed by atoms with van der Waals surface area (Å²) in [7, 11) is 1.58. The molecule has 2 atom stereocenters. The minimum atomic E-state index is -0.537. The normalized spacial score (nSPS) is 18.9. The quantitative estimate of drug-likeness (QED) is 0.579. The number of hydrogen-bond donors (Lipinski definition) is 0. The summed E-state index contributed by atoms with van der Waals surface area (Å²) in [4.78, 5) is 25.7. The second-order valence-corrected chi connectivity index (χ2v) is 6.20. The molecule has 0 saturated heterocycles. The molecule has 2 aromatic rings. The molecule has 4 nitrogen and oxygen atoms in total. The van der Waals surface area contributed by atoms with Crippen LogP contribution in [0.2, 0.25) is 0 Å². The van der Waals surface area contributed by atoms with Crippen LogP contribution in [-0.4, -0.2) is 25.5 Å². The van der Waals surface area contributed by atoms with E-state index in [9.17, 15) is 9.59 Å². The third-order valence-electron chi connectivity index (χ3n) is 4.72. The summed E-state index contributed by atoms with van der Waals surface area (Å²) in [5.74, 6) is -0.389. The number of ketones is 1. The van der Waals surface area contributed by atoms with Crippen LogP contribution >= 0.6 is 0 Å². The van der Waals surface area contributed by atoms with Crippen LogP contribution in [0.4, 0.5) is 0 Å². The Morgan fingerprint density at radius 3 is 2.35 bits per heavy atom. The Bertz CT molecular complexity index is 806. The highest BCUT2D eigenvalue weighted by molar-refractivity contribution is 6.06. The molecule has 0 bridgehead atoms. The van der Waals surface area contributed by atoms with Crippen molar-refractivity contribution in [3.05, 3.63) is 77.4 Å². The van der Waals surface area contributed by atoms with Gasteiger partial charge in [-0.3, -0.25) is 4.79 Å². The number of benzene rings is 2. The van der Waals surface area contributed by atoms with Crippen molar-refractivity contribution < 1.29 is 19.1 Å². The van der Waals surface area contributed by atoms with Gasteiger partial charge in [0.05, 0.1) is 19.6 Å². The van der Waals surface area contributed by atoms with E-state index in [4.69, 9.17) is 9.47 Å². The zero-order valence-corrected chi connectivity index (χ0v) is 15.0. The molecule has 0 spiro atoms. The zero-order chi connectivity index (χ0) is 18.5. The monoisotopic (exact) mass is 350 g/mol. The van der Waals surface area contributed by atoms with Gasteiger partial charge in [-0.05, 0) is 43.2 Å². The topological polar surface area (TPSA) is 52.6 Å². The maximum absolute atomic E-state index is 13.3. The van der Waals surface area contributed by atoms with E-state index >= 15 is 0 Å². The van der Waals surface area contributed by atoms with E-state index in [1.54, 1.807) is 38.3 Å². The molecule has 0 radical (unpaired) electrons. The molecule has 26 heavy (non-hydrogen) atoms. The number of methoxy groups -OCH3 is 1. The lowest BCUT2D eigenvalue weighted by Gasteiger charge is -2.22. The molecule has 0 aromatic heterocycles. The molecule has 0 aliphatic heterocycles. The largest absolute Gasteiger partial charge is 0.497 e. The van der Waals surface area contributed by atoms with Crippen LogP contribution < -0.4 is 4.74 Å². The minimum absolute atomic E-state index is 0.0646. The average Bonchev–Trinajstić information content (AvgIpc) is 3.13. The molecule has 1 aliphatic carbocycles. The Hall–Kier alpha value is -2.88. The maximum Gasteiger partial charge on any atom is 0.334 e. The Kier molecular flexibility index (Phi) is 5.52. The number of carbonyl (C=O) groups is 2. The molecule has 4 heteroatoms. The molecule has 0 fully saturated rings. The molecule has 3 rings (SSSR count). The number of ether oxygens (including phenoxy) is 2. The number of rotatable bonds is 6. The fourth-order valence-electron chi connectivity index (χ4n) is 3.45. The number of allylic oxidation sites excluding steroid dienone is 1. The molecule has 0 heterocycles. The molecule has 0 saturated carbocycles. The average molecular weight is 350 g/mol. The molecular weight excluding hydrogens is 328 g/mol. The fraction of sp³-hybridized carbons (Fsp3) is 0.273. The third kappa shape index (κ3) is 3.54. The SMILES string of the molecule is CCOC(=O)C1=CC[C@@H](c2ccccc2)[C@@H]1C(=O)c1ccc(OC)cc1. The Balaban J connectivity index is 1.95. The molecule has 0 unspecified atom stereocenters.